The second-order valence-electron chi connectivity index (χ2n) is 8.77. The van der Waals surface area contributed by atoms with E-state index in [2.05, 4.69) is 0 Å². The third-order valence-corrected chi connectivity index (χ3v) is 7.16. The van der Waals surface area contributed by atoms with Gasteiger partial charge < -0.3 is 0 Å². The molecule has 0 aromatic heterocycles. The Morgan fingerprint density at radius 3 is 1.65 bits per heavy atom. The monoisotopic (exact) mass is 340 g/mol. The molecule has 0 aliphatic heterocycles. The average molecular weight is 341 g/mol. The van der Waals surface area contributed by atoms with Crippen molar-refractivity contribution in [2.75, 3.05) is 0 Å². The van der Waals surface area contributed by atoms with Crippen molar-refractivity contribution in [2.24, 2.45) is 10.8 Å². The molecule has 2 heteroatoms. The molecular weight excluding hydrogens is 304 g/mol. The molecule has 0 amide bonds. The van der Waals surface area contributed by atoms with Crippen molar-refractivity contribution >= 4 is 18.2 Å². The SMILES string of the molecule is Cl.O=C1CCCCC12CCC1(CCCCCCCCCCC1)C2. The van der Waals surface area contributed by atoms with Gasteiger partial charge in [0, 0.05) is 11.8 Å². The highest BCUT2D eigenvalue weighted by Gasteiger charge is 2.51. The van der Waals surface area contributed by atoms with Gasteiger partial charge in [0.05, 0.1) is 0 Å². The molecular formula is C21H37ClO. The van der Waals surface area contributed by atoms with Gasteiger partial charge in [0.25, 0.3) is 0 Å². The van der Waals surface area contributed by atoms with Gasteiger partial charge >= 0.3 is 0 Å². The van der Waals surface area contributed by atoms with Gasteiger partial charge in [-0.15, -0.1) is 12.4 Å². The summed E-state index contributed by atoms with van der Waals surface area (Å²) in [6, 6.07) is 0. The minimum atomic E-state index is 0. The first kappa shape index (κ1) is 19.3. The zero-order valence-corrected chi connectivity index (χ0v) is 15.9. The molecule has 1 unspecified atom stereocenters. The highest BCUT2D eigenvalue weighted by molar-refractivity contribution is 5.86. The highest BCUT2D eigenvalue weighted by Crippen LogP contribution is 2.58. The molecule has 1 atom stereocenters. The van der Waals surface area contributed by atoms with Crippen LogP contribution in [0.5, 0.6) is 0 Å². The van der Waals surface area contributed by atoms with E-state index in [0.717, 1.165) is 12.8 Å². The maximum Gasteiger partial charge on any atom is 0.139 e. The van der Waals surface area contributed by atoms with Gasteiger partial charge in [0.1, 0.15) is 5.78 Å². The molecule has 0 aromatic carbocycles. The van der Waals surface area contributed by atoms with Gasteiger partial charge in [0.2, 0.25) is 0 Å². The normalized spacial score (nSPS) is 33.0. The summed E-state index contributed by atoms with van der Waals surface area (Å²) < 4.78 is 0. The number of carbonyl (C=O) groups excluding carboxylic acids is 1. The van der Waals surface area contributed by atoms with Gasteiger partial charge in [-0.05, 0) is 50.4 Å². The summed E-state index contributed by atoms with van der Waals surface area (Å²) in [7, 11) is 0. The second kappa shape index (κ2) is 8.88. The van der Waals surface area contributed by atoms with Crippen molar-refractivity contribution in [3.05, 3.63) is 0 Å². The van der Waals surface area contributed by atoms with E-state index in [1.165, 1.54) is 103 Å². The molecule has 134 valence electrons. The van der Waals surface area contributed by atoms with Crippen LogP contribution >= 0.6 is 12.4 Å². The average Bonchev–Trinajstić information content (AvgIpc) is 2.87. The van der Waals surface area contributed by atoms with Crippen molar-refractivity contribution in [3.8, 4) is 0 Å². The number of rotatable bonds is 0. The molecule has 3 aliphatic carbocycles. The van der Waals surface area contributed by atoms with Crippen LogP contribution in [-0.2, 0) is 4.79 Å². The van der Waals surface area contributed by atoms with Crippen molar-refractivity contribution in [2.45, 2.75) is 116 Å². The quantitative estimate of drug-likeness (QED) is 0.463. The van der Waals surface area contributed by atoms with Gasteiger partial charge in [-0.1, -0.05) is 64.2 Å². The summed E-state index contributed by atoms with van der Waals surface area (Å²) in [5.74, 6) is 0.641. The fourth-order valence-corrected chi connectivity index (χ4v) is 5.79. The molecule has 0 aromatic rings. The zero-order valence-electron chi connectivity index (χ0n) is 15.0. The lowest BCUT2D eigenvalue weighted by Gasteiger charge is -2.36. The molecule has 1 nitrogen and oxygen atoms in total. The van der Waals surface area contributed by atoms with E-state index >= 15 is 0 Å². The van der Waals surface area contributed by atoms with E-state index in [4.69, 9.17) is 0 Å². The lowest BCUT2D eigenvalue weighted by Crippen LogP contribution is -2.33. The first-order valence-corrected chi connectivity index (χ1v) is 10.3. The van der Waals surface area contributed by atoms with Crippen LogP contribution in [0.15, 0.2) is 0 Å². The lowest BCUT2D eigenvalue weighted by molar-refractivity contribution is -0.131. The predicted molar refractivity (Wildman–Crippen MR) is 100 cm³/mol. The van der Waals surface area contributed by atoms with Gasteiger partial charge in [-0.3, -0.25) is 4.79 Å². The van der Waals surface area contributed by atoms with Crippen LogP contribution in [0.1, 0.15) is 116 Å². The molecule has 23 heavy (non-hydrogen) atoms. The number of ketones is 1. The van der Waals surface area contributed by atoms with Gasteiger partial charge in [-0.25, -0.2) is 0 Å². The summed E-state index contributed by atoms with van der Waals surface area (Å²) in [5.41, 5.74) is 0.682. The van der Waals surface area contributed by atoms with E-state index in [0.29, 0.717) is 11.2 Å². The highest BCUT2D eigenvalue weighted by atomic mass is 35.5. The number of carbonyl (C=O) groups is 1. The Balaban J connectivity index is 0.00000192. The summed E-state index contributed by atoms with van der Waals surface area (Å²) in [6.07, 6.45) is 24.2. The molecule has 0 bridgehead atoms. The summed E-state index contributed by atoms with van der Waals surface area (Å²) in [4.78, 5) is 12.6. The van der Waals surface area contributed by atoms with Crippen LogP contribution < -0.4 is 0 Å². The first-order valence-electron chi connectivity index (χ1n) is 10.3. The van der Waals surface area contributed by atoms with Gasteiger partial charge in [-0.2, -0.15) is 0 Å². The third-order valence-electron chi connectivity index (χ3n) is 7.16. The van der Waals surface area contributed by atoms with Gasteiger partial charge in [0.15, 0.2) is 0 Å². The molecule has 3 fully saturated rings. The molecule has 0 N–H and O–H groups in total. The number of hydrogen-bond acceptors (Lipinski definition) is 1. The zero-order chi connectivity index (χ0) is 15.3. The van der Waals surface area contributed by atoms with Crippen LogP contribution in [-0.4, -0.2) is 5.78 Å². The maximum absolute atomic E-state index is 12.6. The van der Waals surface area contributed by atoms with Crippen LogP contribution in [0.25, 0.3) is 0 Å². The molecule has 3 aliphatic rings. The van der Waals surface area contributed by atoms with E-state index in [9.17, 15) is 4.79 Å². The second-order valence-corrected chi connectivity index (χ2v) is 8.77. The predicted octanol–water partition coefficient (Wildman–Crippen LogP) is 7.01. The van der Waals surface area contributed by atoms with Crippen molar-refractivity contribution in [3.63, 3.8) is 0 Å². The Hall–Kier alpha value is -0.0400. The van der Waals surface area contributed by atoms with Crippen molar-refractivity contribution in [1.29, 1.82) is 0 Å². The molecule has 0 heterocycles. The Morgan fingerprint density at radius 1 is 0.565 bits per heavy atom. The minimum absolute atomic E-state index is 0. The minimum Gasteiger partial charge on any atom is -0.299 e. The fraction of sp³-hybridized carbons (Fsp3) is 0.952. The maximum atomic E-state index is 12.6. The smallest absolute Gasteiger partial charge is 0.139 e. The topological polar surface area (TPSA) is 17.1 Å². The van der Waals surface area contributed by atoms with Crippen molar-refractivity contribution in [1.82, 2.24) is 0 Å². The Morgan fingerprint density at radius 2 is 1.09 bits per heavy atom. The van der Waals surface area contributed by atoms with E-state index in [1.807, 2.05) is 0 Å². The number of hydrogen-bond donors (Lipinski definition) is 0. The third kappa shape index (κ3) is 4.74. The van der Waals surface area contributed by atoms with E-state index in [1.54, 1.807) is 0 Å². The van der Waals surface area contributed by atoms with Crippen LogP contribution in [0.2, 0.25) is 0 Å². The number of halogens is 1. The lowest BCUT2D eigenvalue weighted by atomic mass is 9.67. The standard InChI is InChI=1S/C21H36O.ClH/c22-19-12-8-11-15-21(19)17-16-20(18-21)13-9-6-4-2-1-3-5-7-10-14-20;/h1-18H2;1H. The summed E-state index contributed by atoms with van der Waals surface area (Å²) in [5, 5.41) is 0. The Kier molecular flexibility index (Phi) is 7.45. The van der Waals surface area contributed by atoms with E-state index < -0.39 is 0 Å². The largest absolute Gasteiger partial charge is 0.299 e. The van der Waals surface area contributed by atoms with Crippen LogP contribution in [0, 0.1) is 10.8 Å². The Labute approximate surface area is 149 Å². The van der Waals surface area contributed by atoms with E-state index in [-0.39, 0.29) is 17.8 Å². The molecule has 0 saturated heterocycles. The molecule has 2 spiro atoms. The molecule has 3 rings (SSSR count). The molecule has 0 radical (unpaired) electrons. The first-order chi connectivity index (χ1) is 10.7. The molecule has 3 saturated carbocycles. The number of Topliss-reactive ketones (excluding diaryl/α,β-unsaturated/α-hetero) is 1. The van der Waals surface area contributed by atoms with Crippen molar-refractivity contribution < 1.29 is 4.79 Å². The Bertz CT molecular complexity index is 366. The van der Waals surface area contributed by atoms with Crippen LogP contribution in [0.3, 0.4) is 0 Å². The summed E-state index contributed by atoms with van der Waals surface area (Å²) in [6.45, 7) is 0. The summed E-state index contributed by atoms with van der Waals surface area (Å²) >= 11 is 0. The fourth-order valence-electron chi connectivity index (χ4n) is 5.79. The van der Waals surface area contributed by atoms with Crippen LogP contribution in [0.4, 0.5) is 0 Å².